The van der Waals surface area contributed by atoms with Crippen molar-refractivity contribution in [2.45, 2.75) is 130 Å². The Kier molecular flexibility index (Phi) is 23.7. The summed E-state index contributed by atoms with van der Waals surface area (Å²) < 4.78 is 2.38. The van der Waals surface area contributed by atoms with Crippen molar-refractivity contribution in [2.24, 2.45) is 5.92 Å². The van der Waals surface area contributed by atoms with Crippen LogP contribution in [0.4, 0.5) is 0 Å². The lowest BCUT2D eigenvalue weighted by atomic mass is 9.96. The van der Waals surface area contributed by atoms with Crippen LogP contribution in [-0.2, 0) is 0 Å². The molecule has 0 aromatic carbocycles. The molecule has 1 radical (unpaired) electrons. The summed E-state index contributed by atoms with van der Waals surface area (Å²) in [6.45, 7) is 9.16. The molecule has 0 amide bonds. The van der Waals surface area contributed by atoms with Gasteiger partial charge in [0.25, 0.3) is 0 Å². The van der Waals surface area contributed by atoms with Crippen molar-refractivity contribution in [3.63, 3.8) is 0 Å². The molecule has 0 aromatic rings. The average Bonchev–Trinajstić information content (AvgIpc) is 2.73. The fraction of sp³-hybridized carbons (Fsp3) is 0.920. The van der Waals surface area contributed by atoms with E-state index in [4.69, 9.17) is 12.2 Å². The first-order valence-corrected chi connectivity index (χ1v) is 14.9. The molecule has 0 aromatic heterocycles. The highest BCUT2D eigenvalue weighted by atomic mass is 32.2. The monoisotopic (exact) mass is 460 g/mol. The molecule has 1 atom stereocenters. The van der Waals surface area contributed by atoms with Crippen LogP contribution in [0.1, 0.15) is 130 Å². The maximum absolute atomic E-state index is 5.87. The molecular formula is C25H50NS3. The van der Waals surface area contributed by atoms with Gasteiger partial charge in [-0.1, -0.05) is 123 Å². The van der Waals surface area contributed by atoms with E-state index in [1.54, 1.807) is 0 Å². The number of thiocarbonyl (C=S) groups is 1. The minimum Gasteiger partial charge on any atom is -0.252 e. The second-order valence-electron chi connectivity index (χ2n) is 8.27. The highest BCUT2D eigenvalue weighted by Crippen LogP contribution is 2.29. The lowest BCUT2D eigenvalue weighted by Crippen LogP contribution is -2.20. The van der Waals surface area contributed by atoms with Gasteiger partial charge in [-0.15, -0.1) is 0 Å². The summed E-state index contributed by atoms with van der Waals surface area (Å²) in [6, 6.07) is 0. The van der Waals surface area contributed by atoms with E-state index >= 15 is 0 Å². The summed E-state index contributed by atoms with van der Waals surface area (Å²) >= 11 is 9.80. The number of hydrogen-bond donors (Lipinski definition) is 0. The first-order chi connectivity index (χ1) is 14.2. The van der Waals surface area contributed by atoms with E-state index in [2.05, 4.69) is 37.8 Å². The maximum atomic E-state index is 5.87. The molecular weight excluding hydrogens is 410 g/mol. The van der Waals surface area contributed by atoms with E-state index in [1.165, 1.54) is 114 Å². The van der Waals surface area contributed by atoms with Crippen molar-refractivity contribution >= 4 is 41.1 Å². The fourth-order valence-corrected chi connectivity index (χ4v) is 5.99. The zero-order valence-electron chi connectivity index (χ0n) is 20.1. The first-order valence-electron chi connectivity index (χ1n) is 12.6. The third-order valence-electron chi connectivity index (χ3n) is 5.42. The van der Waals surface area contributed by atoms with Crippen LogP contribution >= 0.6 is 36.1 Å². The Morgan fingerprint density at radius 3 is 1.59 bits per heavy atom. The molecule has 0 heterocycles. The number of unbranched alkanes of at least 4 members (excludes halogenated alkanes) is 11. The maximum Gasteiger partial charge on any atom is 0.103 e. The molecule has 0 saturated heterocycles. The molecule has 0 saturated carbocycles. The molecule has 0 bridgehead atoms. The average molecular weight is 461 g/mol. The summed E-state index contributed by atoms with van der Waals surface area (Å²) in [5.41, 5.74) is 0. The summed E-state index contributed by atoms with van der Waals surface area (Å²) in [6.07, 6.45) is 23.9. The molecule has 1 unspecified atom stereocenters. The second-order valence-corrected chi connectivity index (χ2v) is 11.0. The van der Waals surface area contributed by atoms with E-state index in [-0.39, 0.29) is 0 Å². The summed E-state index contributed by atoms with van der Waals surface area (Å²) in [5.74, 6) is 3.05. The Bertz CT molecular complexity index is 331. The Morgan fingerprint density at radius 1 is 0.690 bits per heavy atom. The number of rotatable bonds is 22. The van der Waals surface area contributed by atoms with Crippen LogP contribution in [0.15, 0.2) is 0 Å². The highest BCUT2D eigenvalue weighted by molar-refractivity contribution is 8.13. The van der Waals surface area contributed by atoms with E-state index in [0.717, 1.165) is 4.99 Å². The van der Waals surface area contributed by atoms with Crippen molar-refractivity contribution in [1.29, 1.82) is 0 Å². The Hall–Kier alpha value is 0.590. The molecule has 173 valence electrons. The van der Waals surface area contributed by atoms with E-state index in [1.807, 2.05) is 23.9 Å². The zero-order valence-corrected chi connectivity index (χ0v) is 22.5. The summed E-state index contributed by atoms with van der Waals surface area (Å²) in [7, 11) is 0. The molecule has 0 spiro atoms. The van der Waals surface area contributed by atoms with Crippen LogP contribution in [0.2, 0.25) is 0 Å². The molecule has 1 nitrogen and oxygen atoms in total. The predicted octanol–water partition coefficient (Wildman–Crippen LogP) is 10.1. The van der Waals surface area contributed by atoms with Gasteiger partial charge < -0.3 is 0 Å². The van der Waals surface area contributed by atoms with Crippen LogP contribution in [0.25, 0.3) is 0 Å². The topological polar surface area (TPSA) is 3.24 Å². The highest BCUT2D eigenvalue weighted by Gasteiger charge is 2.16. The van der Waals surface area contributed by atoms with Crippen molar-refractivity contribution < 1.29 is 0 Å². The summed E-state index contributed by atoms with van der Waals surface area (Å²) in [5, 5.41) is 0. The van der Waals surface area contributed by atoms with E-state index < -0.39 is 0 Å². The summed E-state index contributed by atoms with van der Waals surface area (Å²) in [4.78, 5) is 1.07. The lowest BCUT2D eigenvalue weighted by Gasteiger charge is -2.25. The minimum absolute atomic E-state index is 0.647. The van der Waals surface area contributed by atoms with Gasteiger partial charge >= 0.3 is 0 Å². The Balaban J connectivity index is 4.28. The van der Waals surface area contributed by atoms with E-state index in [9.17, 15) is 0 Å². The van der Waals surface area contributed by atoms with Crippen LogP contribution in [-0.4, -0.2) is 20.2 Å². The van der Waals surface area contributed by atoms with E-state index in [0.29, 0.717) is 5.92 Å². The predicted molar refractivity (Wildman–Crippen MR) is 144 cm³/mol. The molecule has 0 rings (SSSR count). The molecule has 0 N–H and O–H groups in total. The first kappa shape index (κ1) is 29.6. The van der Waals surface area contributed by atoms with Crippen molar-refractivity contribution in [3.05, 3.63) is 6.42 Å². The van der Waals surface area contributed by atoms with Crippen LogP contribution in [0.5, 0.6) is 0 Å². The van der Waals surface area contributed by atoms with Crippen LogP contribution in [0.3, 0.4) is 0 Å². The zero-order chi connectivity index (χ0) is 21.6. The van der Waals surface area contributed by atoms with Crippen LogP contribution in [0, 0.1) is 12.3 Å². The number of nitrogens with zero attached hydrogens (tertiary/aromatic N) is 1. The van der Waals surface area contributed by atoms with Gasteiger partial charge in [-0.05, 0) is 49.1 Å². The second kappa shape index (κ2) is 23.3. The normalized spacial score (nSPS) is 12.3. The third-order valence-corrected chi connectivity index (χ3v) is 8.41. The minimum atomic E-state index is 0.647. The molecule has 0 aliphatic rings. The Morgan fingerprint density at radius 2 is 1.14 bits per heavy atom. The molecule has 0 fully saturated rings. The van der Waals surface area contributed by atoms with Gasteiger partial charge in [0.1, 0.15) is 4.99 Å². The van der Waals surface area contributed by atoms with Gasteiger partial charge in [0, 0.05) is 17.9 Å². The molecule has 29 heavy (non-hydrogen) atoms. The lowest BCUT2D eigenvalue weighted by molar-refractivity contribution is 0.522. The van der Waals surface area contributed by atoms with Gasteiger partial charge in [0.15, 0.2) is 0 Å². The van der Waals surface area contributed by atoms with Crippen molar-refractivity contribution in [2.75, 3.05) is 11.5 Å². The molecule has 0 aliphatic heterocycles. The van der Waals surface area contributed by atoms with Gasteiger partial charge in [0.2, 0.25) is 0 Å². The Labute approximate surface area is 198 Å². The van der Waals surface area contributed by atoms with Crippen LogP contribution < -0.4 is 0 Å². The SMILES string of the molecule is CCCCCCCCSN(SCCCCCCCC)C(=S)[CH]C(CC)CCCC. The molecule has 4 heteroatoms. The van der Waals surface area contributed by atoms with Crippen molar-refractivity contribution in [1.82, 2.24) is 3.71 Å². The standard InChI is InChI=1S/C25H50NS3/c1-5-9-12-14-16-18-21-28-26(29-22-19-17-15-13-10-6-2)25(27)23-24(8-4)20-11-7-3/h23-24H,5-22H2,1-4H3. The van der Waals surface area contributed by atoms with Gasteiger partial charge in [-0.25, -0.2) is 0 Å². The number of hydrogen-bond acceptors (Lipinski definition) is 3. The quantitative estimate of drug-likeness (QED) is 0.0897. The smallest absolute Gasteiger partial charge is 0.103 e. The largest absolute Gasteiger partial charge is 0.252 e. The van der Waals surface area contributed by atoms with Gasteiger partial charge in [0.05, 0.1) is 0 Å². The fourth-order valence-electron chi connectivity index (χ4n) is 3.36. The van der Waals surface area contributed by atoms with Gasteiger partial charge in [-0.2, -0.15) is 0 Å². The molecule has 0 aliphatic carbocycles. The van der Waals surface area contributed by atoms with Gasteiger partial charge in [-0.3, -0.25) is 3.71 Å². The van der Waals surface area contributed by atoms with Crippen molar-refractivity contribution in [3.8, 4) is 0 Å². The third kappa shape index (κ3) is 19.0.